The maximum absolute atomic E-state index is 12.6. The Kier molecular flexibility index (Phi) is 5.32. The summed E-state index contributed by atoms with van der Waals surface area (Å²) in [7, 11) is 5.62. The van der Waals surface area contributed by atoms with Crippen LogP contribution in [0.2, 0.25) is 0 Å². The molecule has 0 saturated carbocycles. The number of thiophene rings is 1. The van der Waals surface area contributed by atoms with E-state index in [0.717, 1.165) is 10.3 Å². The summed E-state index contributed by atoms with van der Waals surface area (Å²) in [5.41, 5.74) is 0.884. The molecule has 0 bridgehead atoms. The summed E-state index contributed by atoms with van der Waals surface area (Å²) >= 11 is 1.45. The molecule has 0 saturated heterocycles. The van der Waals surface area contributed by atoms with Gasteiger partial charge in [-0.15, -0.1) is 11.3 Å². The molecule has 27 heavy (non-hydrogen) atoms. The molecule has 0 aliphatic carbocycles. The van der Waals surface area contributed by atoms with E-state index in [1.807, 2.05) is 17.5 Å². The second-order valence-corrected chi connectivity index (χ2v) is 6.51. The van der Waals surface area contributed by atoms with Crippen molar-refractivity contribution in [1.82, 2.24) is 0 Å². The highest BCUT2D eigenvalue weighted by Gasteiger charge is 2.27. The molecule has 0 atom stereocenters. The lowest BCUT2D eigenvalue weighted by molar-refractivity contribution is 0.0556. The number of fused-ring (bicyclic) bond motifs is 1. The lowest BCUT2D eigenvalue weighted by atomic mass is 9.92. The van der Waals surface area contributed by atoms with Crippen molar-refractivity contribution >= 4 is 34.0 Å². The molecule has 7 heteroatoms. The van der Waals surface area contributed by atoms with Gasteiger partial charge in [-0.1, -0.05) is 6.07 Å². The van der Waals surface area contributed by atoms with Gasteiger partial charge in [-0.3, -0.25) is 0 Å². The third kappa shape index (κ3) is 3.21. The Morgan fingerprint density at radius 2 is 1.56 bits per heavy atom. The molecule has 0 unspecified atom stereocenters. The molecule has 1 heterocycles. The third-order valence-electron chi connectivity index (χ3n) is 4.21. The molecule has 0 N–H and O–H groups in total. The minimum absolute atomic E-state index is 0.132. The normalized spacial score (nSPS) is 10.5. The van der Waals surface area contributed by atoms with Gasteiger partial charge in [0.15, 0.2) is 11.5 Å². The van der Waals surface area contributed by atoms with Crippen LogP contribution in [-0.2, 0) is 9.47 Å². The highest BCUT2D eigenvalue weighted by Crippen LogP contribution is 2.42. The number of esters is 2. The molecule has 6 nitrogen and oxygen atoms in total. The van der Waals surface area contributed by atoms with Gasteiger partial charge in [-0.25, -0.2) is 9.59 Å². The predicted molar refractivity (Wildman–Crippen MR) is 103 cm³/mol. The van der Waals surface area contributed by atoms with E-state index in [1.54, 1.807) is 25.3 Å². The third-order valence-corrected chi connectivity index (χ3v) is 5.09. The monoisotopic (exact) mass is 386 g/mol. The van der Waals surface area contributed by atoms with Crippen LogP contribution in [0.5, 0.6) is 11.5 Å². The first-order valence-corrected chi connectivity index (χ1v) is 8.86. The molecular formula is C20H18O6S. The predicted octanol–water partition coefficient (Wildman–Crippen LogP) is 4.16. The number of carbonyl (C=O) groups is 2. The SMILES string of the molecule is COC(=O)c1cc2cc(OC)c(OC)cc2c(-c2cccs2)c1C(=O)OC. The highest BCUT2D eigenvalue weighted by atomic mass is 32.1. The van der Waals surface area contributed by atoms with Crippen molar-refractivity contribution in [2.24, 2.45) is 0 Å². The number of hydrogen-bond donors (Lipinski definition) is 0. The average molecular weight is 386 g/mol. The molecule has 0 aliphatic rings. The van der Waals surface area contributed by atoms with Crippen molar-refractivity contribution < 1.29 is 28.5 Å². The second kappa shape index (κ2) is 7.67. The van der Waals surface area contributed by atoms with E-state index in [9.17, 15) is 9.59 Å². The maximum Gasteiger partial charge on any atom is 0.339 e. The Bertz CT molecular complexity index is 1010. The fourth-order valence-corrected chi connectivity index (χ4v) is 3.78. The number of hydrogen-bond acceptors (Lipinski definition) is 7. The van der Waals surface area contributed by atoms with Crippen LogP contribution in [-0.4, -0.2) is 40.4 Å². The Morgan fingerprint density at radius 3 is 2.11 bits per heavy atom. The van der Waals surface area contributed by atoms with Gasteiger partial charge in [0.1, 0.15) is 0 Å². The molecule has 0 spiro atoms. The Morgan fingerprint density at radius 1 is 0.889 bits per heavy atom. The van der Waals surface area contributed by atoms with Crippen LogP contribution in [0.4, 0.5) is 0 Å². The number of carbonyl (C=O) groups excluding carboxylic acids is 2. The van der Waals surface area contributed by atoms with Crippen LogP contribution < -0.4 is 9.47 Å². The van der Waals surface area contributed by atoms with Crippen LogP contribution in [0.25, 0.3) is 21.2 Å². The minimum atomic E-state index is -0.620. The molecule has 1 aromatic heterocycles. The summed E-state index contributed by atoms with van der Waals surface area (Å²) in [5.74, 6) is -0.200. The molecule has 140 valence electrons. The summed E-state index contributed by atoms with van der Waals surface area (Å²) in [6, 6.07) is 8.91. The van der Waals surface area contributed by atoms with E-state index in [0.29, 0.717) is 22.4 Å². The fraction of sp³-hybridized carbons (Fsp3) is 0.200. The summed E-state index contributed by atoms with van der Waals surface area (Å²) in [6.07, 6.45) is 0. The second-order valence-electron chi connectivity index (χ2n) is 5.56. The van der Waals surface area contributed by atoms with Crippen LogP contribution in [0, 0.1) is 0 Å². The molecule has 0 radical (unpaired) electrons. The van der Waals surface area contributed by atoms with Crippen LogP contribution in [0.1, 0.15) is 20.7 Å². The Hall–Kier alpha value is -3.06. The zero-order chi connectivity index (χ0) is 19.6. The van der Waals surface area contributed by atoms with E-state index in [2.05, 4.69) is 0 Å². The Labute approximate surface area is 160 Å². The van der Waals surface area contributed by atoms with Gasteiger partial charge in [0.05, 0.1) is 39.6 Å². The number of rotatable bonds is 5. The van der Waals surface area contributed by atoms with Crippen molar-refractivity contribution in [3.63, 3.8) is 0 Å². The summed E-state index contributed by atoms with van der Waals surface area (Å²) in [4.78, 5) is 25.8. The zero-order valence-electron chi connectivity index (χ0n) is 15.3. The van der Waals surface area contributed by atoms with Crippen molar-refractivity contribution in [3.8, 4) is 21.9 Å². The van der Waals surface area contributed by atoms with E-state index < -0.39 is 11.9 Å². The summed E-state index contributed by atoms with van der Waals surface area (Å²) in [6.45, 7) is 0. The maximum atomic E-state index is 12.6. The van der Waals surface area contributed by atoms with Crippen molar-refractivity contribution in [2.75, 3.05) is 28.4 Å². The average Bonchev–Trinajstić information content (AvgIpc) is 3.24. The van der Waals surface area contributed by atoms with Gasteiger partial charge in [0, 0.05) is 10.4 Å². The number of benzene rings is 2. The fourth-order valence-electron chi connectivity index (χ4n) is 2.99. The molecular weight excluding hydrogens is 368 g/mol. The first-order chi connectivity index (χ1) is 13.0. The topological polar surface area (TPSA) is 71.1 Å². The van der Waals surface area contributed by atoms with E-state index in [1.165, 1.54) is 32.7 Å². The molecule has 3 rings (SSSR count). The van der Waals surface area contributed by atoms with Crippen molar-refractivity contribution in [1.29, 1.82) is 0 Å². The lowest BCUT2D eigenvalue weighted by Gasteiger charge is -2.17. The number of ether oxygens (including phenoxy) is 4. The van der Waals surface area contributed by atoms with Crippen LogP contribution in [0.15, 0.2) is 35.7 Å². The van der Waals surface area contributed by atoms with Gasteiger partial charge in [0.2, 0.25) is 0 Å². The molecule has 3 aromatic rings. The molecule has 2 aromatic carbocycles. The van der Waals surface area contributed by atoms with E-state index >= 15 is 0 Å². The van der Waals surface area contributed by atoms with E-state index in [4.69, 9.17) is 18.9 Å². The van der Waals surface area contributed by atoms with Crippen molar-refractivity contribution in [3.05, 3.63) is 46.8 Å². The van der Waals surface area contributed by atoms with Gasteiger partial charge in [-0.2, -0.15) is 0 Å². The minimum Gasteiger partial charge on any atom is -0.493 e. The first kappa shape index (κ1) is 18.7. The number of methoxy groups -OCH3 is 4. The quantitative estimate of drug-likeness (QED) is 0.613. The summed E-state index contributed by atoms with van der Waals surface area (Å²) in [5, 5.41) is 3.35. The van der Waals surface area contributed by atoms with Crippen LogP contribution >= 0.6 is 11.3 Å². The highest BCUT2D eigenvalue weighted by molar-refractivity contribution is 7.13. The van der Waals surface area contributed by atoms with E-state index in [-0.39, 0.29) is 11.1 Å². The summed E-state index contributed by atoms with van der Waals surface area (Å²) < 4.78 is 20.6. The first-order valence-electron chi connectivity index (χ1n) is 7.98. The van der Waals surface area contributed by atoms with Gasteiger partial charge in [-0.05, 0) is 40.4 Å². The van der Waals surface area contributed by atoms with Gasteiger partial charge in [0.25, 0.3) is 0 Å². The van der Waals surface area contributed by atoms with Gasteiger partial charge < -0.3 is 18.9 Å². The van der Waals surface area contributed by atoms with Crippen LogP contribution in [0.3, 0.4) is 0 Å². The smallest absolute Gasteiger partial charge is 0.339 e. The largest absolute Gasteiger partial charge is 0.493 e. The molecule has 0 amide bonds. The Balaban J connectivity index is 2.52. The zero-order valence-corrected chi connectivity index (χ0v) is 16.1. The molecule has 0 fully saturated rings. The van der Waals surface area contributed by atoms with Crippen molar-refractivity contribution in [2.45, 2.75) is 0 Å². The standard InChI is InChI=1S/C20H18O6S/c1-23-14-9-11-8-13(19(21)25-3)18(20(22)26-4)17(16-6-5-7-27-16)12(11)10-15(14)24-2/h5-10H,1-4H3. The molecule has 0 aliphatic heterocycles. The van der Waals surface area contributed by atoms with Gasteiger partial charge >= 0.3 is 11.9 Å². The lowest BCUT2D eigenvalue weighted by Crippen LogP contribution is -2.13.